The smallest absolute Gasteiger partial charge is 0.124 e. The molecule has 2 aromatic rings. The summed E-state index contributed by atoms with van der Waals surface area (Å²) in [5.41, 5.74) is 5.01. The van der Waals surface area contributed by atoms with E-state index in [1.807, 2.05) is 12.1 Å². The number of rotatable bonds is 2. The normalized spacial score (nSPS) is 25.9. The van der Waals surface area contributed by atoms with Gasteiger partial charge in [-0.1, -0.05) is 35.9 Å². The van der Waals surface area contributed by atoms with Crippen molar-refractivity contribution < 1.29 is 9.47 Å². The minimum absolute atomic E-state index is 0.176. The average Bonchev–Trinajstić information content (AvgIpc) is 2.61. The molecule has 1 saturated heterocycles. The summed E-state index contributed by atoms with van der Waals surface area (Å²) in [6.07, 6.45) is 2.47. The van der Waals surface area contributed by atoms with Gasteiger partial charge in [0.1, 0.15) is 5.75 Å². The van der Waals surface area contributed by atoms with Crippen molar-refractivity contribution in [2.24, 2.45) is 5.92 Å². The van der Waals surface area contributed by atoms with Crippen LogP contribution in [-0.4, -0.2) is 13.7 Å². The van der Waals surface area contributed by atoms with Crippen LogP contribution in [0.3, 0.4) is 0 Å². The Morgan fingerprint density at radius 1 is 1.13 bits per heavy atom. The summed E-state index contributed by atoms with van der Waals surface area (Å²) in [5.74, 6) is 1.39. The van der Waals surface area contributed by atoms with Crippen LogP contribution in [0.4, 0.5) is 5.69 Å². The zero-order valence-electron chi connectivity index (χ0n) is 13.7. The molecule has 2 heterocycles. The SMILES string of the molecule is COc1ccccc1[C@@H]1Nc2ccc(C)cc2[C@H]2OCCC[C@@H]21. The van der Waals surface area contributed by atoms with Gasteiger partial charge in [-0.2, -0.15) is 0 Å². The van der Waals surface area contributed by atoms with Crippen LogP contribution < -0.4 is 10.1 Å². The van der Waals surface area contributed by atoms with Crippen LogP contribution in [0.5, 0.6) is 5.75 Å². The Hall–Kier alpha value is -2.00. The van der Waals surface area contributed by atoms with Gasteiger partial charge in [0.05, 0.1) is 19.3 Å². The number of para-hydroxylation sites is 1. The van der Waals surface area contributed by atoms with E-state index in [4.69, 9.17) is 9.47 Å². The van der Waals surface area contributed by atoms with Crippen LogP contribution in [0.2, 0.25) is 0 Å². The first kappa shape index (κ1) is 14.6. The second-order valence-corrected chi connectivity index (χ2v) is 6.55. The number of ether oxygens (including phenoxy) is 2. The topological polar surface area (TPSA) is 30.5 Å². The van der Waals surface area contributed by atoms with E-state index in [0.29, 0.717) is 5.92 Å². The molecule has 0 spiro atoms. The summed E-state index contributed by atoms with van der Waals surface area (Å²) in [7, 11) is 1.74. The summed E-state index contributed by atoms with van der Waals surface area (Å²) in [5, 5.41) is 3.75. The third kappa shape index (κ3) is 2.49. The molecule has 4 rings (SSSR count). The zero-order valence-corrected chi connectivity index (χ0v) is 13.7. The van der Waals surface area contributed by atoms with E-state index in [1.165, 1.54) is 28.8 Å². The molecule has 3 atom stereocenters. The maximum absolute atomic E-state index is 6.21. The van der Waals surface area contributed by atoms with E-state index >= 15 is 0 Å². The first-order valence-electron chi connectivity index (χ1n) is 8.39. The van der Waals surface area contributed by atoms with Crippen molar-refractivity contribution in [3.8, 4) is 5.75 Å². The van der Waals surface area contributed by atoms with E-state index in [1.54, 1.807) is 7.11 Å². The maximum atomic E-state index is 6.21. The highest BCUT2D eigenvalue weighted by Crippen LogP contribution is 2.50. The van der Waals surface area contributed by atoms with Gasteiger partial charge < -0.3 is 14.8 Å². The van der Waals surface area contributed by atoms with Crippen molar-refractivity contribution in [3.05, 3.63) is 59.2 Å². The van der Waals surface area contributed by atoms with Crippen LogP contribution in [0, 0.1) is 12.8 Å². The second kappa shape index (κ2) is 5.89. The Morgan fingerprint density at radius 3 is 2.87 bits per heavy atom. The molecule has 1 N–H and O–H groups in total. The maximum Gasteiger partial charge on any atom is 0.124 e. The lowest BCUT2D eigenvalue weighted by Gasteiger charge is -2.43. The summed E-state index contributed by atoms with van der Waals surface area (Å²) >= 11 is 0. The summed E-state index contributed by atoms with van der Waals surface area (Å²) in [6, 6.07) is 15.2. The number of methoxy groups -OCH3 is 1. The highest BCUT2D eigenvalue weighted by molar-refractivity contribution is 5.59. The number of aryl methyl sites for hydroxylation is 1. The van der Waals surface area contributed by atoms with Crippen molar-refractivity contribution in [2.75, 3.05) is 19.0 Å². The minimum Gasteiger partial charge on any atom is -0.496 e. The van der Waals surface area contributed by atoms with E-state index < -0.39 is 0 Å². The monoisotopic (exact) mass is 309 g/mol. The number of nitrogens with one attached hydrogen (secondary N) is 1. The first-order chi connectivity index (χ1) is 11.3. The number of anilines is 1. The molecule has 3 heteroatoms. The Kier molecular flexibility index (Phi) is 3.74. The Bertz CT molecular complexity index is 713. The summed E-state index contributed by atoms with van der Waals surface area (Å²) in [6.45, 7) is 3.00. The fraction of sp³-hybridized carbons (Fsp3) is 0.400. The van der Waals surface area contributed by atoms with Crippen molar-refractivity contribution in [1.29, 1.82) is 0 Å². The highest BCUT2D eigenvalue weighted by atomic mass is 16.5. The lowest BCUT2D eigenvalue weighted by molar-refractivity contribution is -0.0383. The molecule has 2 aliphatic heterocycles. The Balaban J connectivity index is 1.80. The van der Waals surface area contributed by atoms with E-state index in [-0.39, 0.29) is 12.1 Å². The molecule has 0 unspecified atom stereocenters. The van der Waals surface area contributed by atoms with Crippen molar-refractivity contribution in [2.45, 2.75) is 31.9 Å². The molecule has 0 radical (unpaired) electrons. The number of hydrogen-bond donors (Lipinski definition) is 1. The van der Waals surface area contributed by atoms with Gasteiger partial charge in [0.25, 0.3) is 0 Å². The van der Waals surface area contributed by atoms with E-state index in [9.17, 15) is 0 Å². The van der Waals surface area contributed by atoms with Crippen LogP contribution >= 0.6 is 0 Å². The molecule has 2 aliphatic rings. The molecule has 0 bridgehead atoms. The molecule has 1 fully saturated rings. The van der Waals surface area contributed by atoms with Crippen molar-refractivity contribution in [1.82, 2.24) is 0 Å². The van der Waals surface area contributed by atoms with Crippen LogP contribution in [0.1, 0.15) is 41.7 Å². The molecule has 0 saturated carbocycles. The van der Waals surface area contributed by atoms with Crippen LogP contribution in [0.15, 0.2) is 42.5 Å². The molecule has 0 amide bonds. The van der Waals surface area contributed by atoms with E-state index in [2.05, 4.69) is 42.6 Å². The number of fused-ring (bicyclic) bond motifs is 3. The molecular formula is C20H23NO2. The van der Waals surface area contributed by atoms with Crippen molar-refractivity contribution in [3.63, 3.8) is 0 Å². The van der Waals surface area contributed by atoms with Gasteiger partial charge in [-0.05, 0) is 31.9 Å². The Labute approximate surface area is 137 Å². The van der Waals surface area contributed by atoms with Crippen LogP contribution in [0.25, 0.3) is 0 Å². The summed E-state index contributed by atoms with van der Waals surface area (Å²) in [4.78, 5) is 0. The average molecular weight is 309 g/mol. The standard InChI is InChI=1S/C20H23NO2/c1-13-9-10-17-16(12-13)20-15(7-5-11-23-20)19(21-17)14-6-3-4-8-18(14)22-2/h3-4,6,8-10,12,15,19-21H,5,7,11H2,1-2H3/t15-,19+,20+/m1/s1. The largest absolute Gasteiger partial charge is 0.496 e. The lowest BCUT2D eigenvalue weighted by atomic mass is 9.77. The zero-order chi connectivity index (χ0) is 15.8. The van der Waals surface area contributed by atoms with E-state index in [0.717, 1.165) is 18.8 Å². The number of hydrogen-bond acceptors (Lipinski definition) is 3. The third-order valence-corrected chi connectivity index (χ3v) is 5.09. The lowest BCUT2D eigenvalue weighted by Crippen LogP contribution is -2.36. The molecular weight excluding hydrogens is 286 g/mol. The minimum atomic E-state index is 0.176. The first-order valence-corrected chi connectivity index (χ1v) is 8.39. The second-order valence-electron chi connectivity index (χ2n) is 6.55. The molecule has 0 aliphatic carbocycles. The van der Waals surface area contributed by atoms with Gasteiger partial charge in [0.2, 0.25) is 0 Å². The quantitative estimate of drug-likeness (QED) is 0.876. The molecule has 23 heavy (non-hydrogen) atoms. The predicted octanol–water partition coefficient (Wildman–Crippen LogP) is 4.64. The molecule has 2 aromatic carbocycles. The summed E-state index contributed by atoms with van der Waals surface area (Å²) < 4.78 is 11.8. The van der Waals surface area contributed by atoms with Gasteiger partial charge in [-0.15, -0.1) is 0 Å². The number of benzene rings is 2. The van der Waals surface area contributed by atoms with Crippen molar-refractivity contribution >= 4 is 5.69 Å². The fourth-order valence-corrected chi connectivity index (χ4v) is 4.02. The van der Waals surface area contributed by atoms with Gasteiger partial charge in [-0.3, -0.25) is 0 Å². The predicted molar refractivity (Wildman–Crippen MR) is 92.0 cm³/mol. The third-order valence-electron chi connectivity index (χ3n) is 5.09. The molecule has 0 aromatic heterocycles. The fourth-order valence-electron chi connectivity index (χ4n) is 4.02. The molecule has 3 nitrogen and oxygen atoms in total. The van der Waals surface area contributed by atoms with Gasteiger partial charge >= 0.3 is 0 Å². The van der Waals surface area contributed by atoms with Gasteiger partial charge in [0, 0.05) is 29.3 Å². The van der Waals surface area contributed by atoms with Crippen LogP contribution in [-0.2, 0) is 4.74 Å². The van der Waals surface area contributed by atoms with Gasteiger partial charge in [0.15, 0.2) is 0 Å². The highest BCUT2D eigenvalue weighted by Gasteiger charge is 2.40. The molecule has 120 valence electrons. The Morgan fingerprint density at radius 2 is 2.00 bits per heavy atom. The van der Waals surface area contributed by atoms with Gasteiger partial charge in [-0.25, -0.2) is 0 Å².